The number of rotatable bonds is 9. The lowest BCUT2D eigenvalue weighted by Gasteiger charge is -2.45. The Labute approximate surface area is 254 Å². The van der Waals surface area contributed by atoms with Crippen LogP contribution >= 0.6 is 0 Å². The molecule has 1 fully saturated rings. The molecule has 0 radical (unpaired) electrons. The smallest absolute Gasteiger partial charge is 0.349 e. The van der Waals surface area contributed by atoms with Gasteiger partial charge in [0.1, 0.15) is 6.10 Å². The van der Waals surface area contributed by atoms with Crippen molar-refractivity contribution in [1.82, 2.24) is 10.2 Å². The molecule has 0 saturated carbocycles. The molecule has 2 atom stereocenters. The lowest BCUT2D eigenvalue weighted by atomic mass is 9.73. The molecule has 11 nitrogen and oxygen atoms in total. The van der Waals surface area contributed by atoms with Gasteiger partial charge in [-0.1, -0.05) is 72.8 Å². The summed E-state index contributed by atoms with van der Waals surface area (Å²) in [6, 6.07) is 24.7. The molecule has 0 aromatic heterocycles. The Bertz CT molecular complexity index is 1560. The van der Waals surface area contributed by atoms with Gasteiger partial charge in [-0.2, -0.15) is 0 Å². The third-order valence-corrected chi connectivity index (χ3v) is 7.79. The molecule has 11 heteroatoms. The van der Waals surface area contributed by atoms with Gasteiger partial charge in [0.05, 0.1) is 28.6 Å². The van der Waals surface area contributed by atoms with Crippen LogP contribution in [-0.2, 0) is 23.9 Å². The van der Waals surface area contributed by atoms with E-state index in [1.807, 2.05) is 60.7 Å². The number of carbonyl (C=O) groups excluding carboxylic acids is 3. The largest absolute Gasteiger partial charge is 0.460 e. The molecule has 0 aliphatic carbocycles. The number of hydrogen-bond donors (Lipinski definition) is 2. The molecule has 44 heavy (non-hydrogen) atoms. The summed E-state index contributed by atoms with van der Waals surface area (Å²) in [4.78, 5) is 53.5. The molecule has 0 spiro atoms. The molecule has 3 aromatic rings. The highest BCUT2D eigenvalue weighted by Crippen LogP contribution is 2.43. The number of nitro groups is 1. The van der Waals surface area contributed by atoms with Gasteiger partial charge in [0.15, 0.2) is 0 Å². The highest BCUT2D eigenvalue weighted by Gasteiger charge is 2.59. The van der Waals surface area contributed by atoms with Crippen LogP contribution in [0.15, 0.2) is 96.2 Å². The van der Waals surface area contributed by atoms with Crippen LogP contribution in [0.3, 0.4) is 0 Å². The summed E-state index contributed by atoms with van der Waals surface area (Å²) in [6.07, 6.45) is -1.23. The number of nitrogens with one attached hydrogen (secondary N) is 1. The van der Waals surface area contributed by atoms with Crippen LogP contribution in [-0.4, -0.2) is 63.7 Å². The van der Waals surface area contributed by atoms with E-state index >= 15 is 0 Å². The quantitative estimate of drug-likeness (QED) is 0.162. The zero-order valence-electron chi connectivity index (χ0n) is 24.5. The van der Waals surface area contributed by atoms with Gasteiger partial charge in [-0.05, 0) is 37.5 Å². The number of esters is 2. The number of amides is 1. The number of benzene rings is 3. The van der Waals surface area contributed by atoms with Gasteiger partial charge in [0.2, 0.25) is 0 Å². The highest BCUT2D eigenvalue weighted by molar-refractivity contribution is 6.12. The molecule has 2 aliphatic rings. The van der Waals surface area contributed by atoms with E-state index in [0.717, 1.165) is 17.2 Å². The van der Waals surface area contributed by atoms with Crippen molar-refractivity contribution in [1.29, 1.82) is 0 Å². The first-order chi connectivity index (χ1) is 21.0. The third-order valence-electron chi connectivity index (χ3n) is 7.79. The molecule has 5 rings (SSSR count). The van der Waals surface area contributed by atoms with Crippen LogP contribution in [0, 0.1) is 10.1 Å². The summed E-state index contributed by atoms with van der Waals surface area (Å²) in [5.74, 6) is -4.90. The van der Waals surface area contributed by atoms with E-state index in [1.54, 1.807) is 13.8 Å². The van der Waals surface area contributed by atoms with Crippen molar-refractivity contribution in [3.05, 3.63) is 123 Å². The fourth-order valence-corrected chi connectivity index (χ4v) is 5.76. The highest BCUT2D eigenvalue weighted by atomic mass is 16.6. The summed E-state index contributed by atoms with van der Waals surface area (Å²) >= 11 is 0. The average molecular weight is 600 g/mol. The number of allylic oxidation sites excluding steroid dienone is 1. The fourth-order valence-electron chi connectivity index (χ4n) is 5.76. The molecule has 2 unspecified atom stereocenters. The Morgan fingerprint density at radius 1 is 1.00 bits per heavy atom. The molecular weight excluding hydrogens is 566 g/mol. The van der Waals surface area contributed by atoms with Gasteiger partial charge in [-0.25, -0.2) is 9.59 Å². The van der Waals surface area contributed by atoms with Crippen molar-refractivity contribution in [3.8, 4) is 0 Å². The topological polar surface area (TPSA) is 148 Å². The van der Waals surface area contributed by atoms with E-state index < -0.39 is 46.5 Å². The van der Waals surface area contributed by atoms with Crippen molar-refractivity contribution < 1.29 is 33.9 Å². The molecule has 3 aromatic carbocycles. The molecule has 1 saturated heterocycles. The van der Waals surface area contributed by atoms with Crippen molar-refractivity contribution in [2.24, 2.45) is 0 Å². The third kappa shape index (κ3) is 5.84. The first-order valence-electron chi connectivity index (χ1n) is 14.3. The second kappa shape index (κ2) is 12.4. The van der Waals surface area contributed by atoms with Crippen molar-refractivity contribution in [2.75, 3.05) is 13.1 Å². The van der Waals surface area contributed by atoms with Crippen LogP contribution in [0.1, 0.15) is 49.4 Å². The number of carbonyl (C=O) groups is 3. The van der Waals surface area contributed by atoms with Gasteiger partial charge < -0.3 is 19.9 Å². The van der Waals surface area contributed by atoms with Crippen molar-refractivity contribution >= 4 is 23.5 Å². The number of non-ortho nitro benzene ring substituents is 1. The van der Waals surface area contributed by atoms with Gasteiger partial charge in [0, 0.05) is 30.9 Å². The van der Waals surface area contributed by atoms with E-state index in [0.29, 0.717) is 13.1 Å². The summed E-state index contributed by atoms with van der Waals surface area (Å²) in [6.45, 7) is 5.31. The SMILES string of the molecule is CC1=C(C(=O)OC(C)C)C(c2cccc([N+](=O)[O-])c2)C(O)(C(=O)OC2CN(C(c3ccccc3)c3ccccc3)C2)C(=O)N1. The standard InChI is InChI=1S/C33H33N3O8/c1-20(2)43-30(37)27-21(3)34-31(38)33(40,28(27)24-15-10-16-25(17-24)36(41)42)32(39)44-26-18-35(19-26)29(22-11-6-4-7-12-22)23-13-8-5-9-14-23/h4-17,20,26,28-29,40H,18-19H2,1-3H3,(H,34,38). The summed E-state index contributed by atoms with van der Waals surface area (Å²) in [7, 11) is 0. The first kappa shape index (κ1) is 30.6. The Morgan fingerprint density at radius 3 is 2.14 bits per heavy atom. The molecular formula is C33H33N3O8. The molecule has 2 N–H and O–H groups in total. The van der Waals surface area contributed by atoms with E-state index in [-0.39, 0.29) is 28.6 Å². The van der Waals surface area contributed by atoms with E-state index in [1.165, 1.54) is 25.1 Å². The maximum atomic E-state index is 13.8. The minimum absolute atomic E-state index is 0.00649. The van der Waals surface area contributed by atoms with Crippen molar-refractivity contribution in [3.63, 3.8) is 0 Å². The van der Waals surface area contributed by atoms with Gasteiger partial charge in [0.25, 0.3) is 17.2 Å². The zero-order valence-corrected chi connectivity index (χ0v) is 24.5. The Kier molecular flexibility index (Phi) is 8.61. The Morgan fingerprint density at radius 2 is 1.59 bits per heavy atom. The zero-order chi connectivity index (χ0) is 31.6. The first-order valence-corrected chi connectivity index (χ1v) is 14.3. The predicted molar refractivity (Wildman–Crippen MR) is 159 cm³/mol. The van der Waals surface area contributed by atoms with Gasteiger partial charge in [-0.15, -0.1) is 0 Å². The van der Waals surface area contributed by atoms with E-state index in [9.17, 15) is 29.6 Å². The Hall–Kier alpha value is -4.87. The van der Waals surface area contributed by atoms with E-state index in [4.69, 9.17) is 9.47 Å². The lowest BCUT2D eigenvalue weighted by Crippen LogP contribution is -2.63. The van der Waals surface area contributed by atoms with Crippen LogP contribution in [0.2, 0.25) is 0 Å². The maximum absolute atomic E-state index is 13.8. The predicted octanol–water partition coefficient (Wildman–Crippen LogP) is 3.78. The summed E-state index contributed by atoms with van der Waals surface area (Å²) < 4.78 is 11.1. The van der Waals surface area contributed by atoms with Crippen molar-refractivity contribution in [2.45, 2.75) is 50.5 Å². The summed E-state index contributed by atoms with van der Waals surface area (Å²) in [5.41, 5.74) is -1.31. The second-order valence-corrected chi connectivity index (χ2v) is 11.2. The number of hydrogen-bond acceptors (Lipinski definition) is 9. The van der Waals surface area contributed by atoms with Gasteiger partial charge in [-0.3, -0.25) is 19.8 Å². The number of aliphatic hydroxyl groups is 1. The van der Waals surface area contributed by atoms with Crippen LogP contribution in [0.25, 0.3) is 0 Å². The van der Waals surface area contributed by atoms with Crippen LogP contribution < -0.4 is 5.32 Å². The van der Waals surface area contributed by atoms with Crippen LogP contribution in [0.5, 0.6) is 0 Å². The molecule has 0 bridgehead atoms. The number of nitro benzene ring substituents is 1. The average Bonchev–Trinajstić information content (AvgIpc) is 2.98. The van der Waals surface area contributed by atoms with Crippen LogP contribution in [0.4, 0.5) is 5.69 Å². The lowest BCUT2D eigenvalue weighted by molar-refractivity contribution is -0.384. The molecule has 2 heterocycles. The molecule has 228 valence electrons. The minimum atomic E-state index is -2.92. The number of nitrogens with zero attached hydrogens (tertiary/aromatic N) is 2. The van der Waals surface area contributed by atoms with Gasteiger partial charge >= 0.3 is 11.9 Å². The summed E-state index contributed by atoms with van der Waals surface area (Å²) in [5, 5.41) is 25.9. The monoisotopic (exact) mass is 599 g/mol. The maximum Gasteiger partial charge on any atom is 0.349 e. The normalized spacial score (nSPS) is 20.7. The number of likely N-dealkylation sites (tertiary alicyclic amines) is 1. The fraction of sp³-hybridized carbons (Fsp3) is 0.303. The Balaban J connectivity index is 1.45. The van der Waals surface area contributed by atoms with E-state index in [2.05, 4.69) is 10.2 Å². The number of ether oxygens (including phenoxy) is 2. The minimum Gasteiger partial charge on any atom is -0.460 e. The molecule has 2 aliphatic heterocycles. The molecule has 1 amide bonds. The second-order valence-electron chi connectivity index (χ2n) is 11.2.